The molecule has 0 aromatic rings. The van der Waals surface area contributed by atoms with Crippen molar-refractivity contribution in [2.45, 2.75) is 31.9 Å². The summed E-state index contributed by atoms with van der Waals surface area (Å²) in [6, 6.07) is 0.478. The first kappa shape index (κ1) is 12.3. The second kappa shape index (κ2) is 5.96. The number of hydrogen-bond acceptors (Lipinski definition) is 4. The van der Waals surface area contributed by atoms with Crippen molar-refractivity contribution in [1.29, 1.82) is 0 Å². The van der Waals surface area contributed by atoms with Gasteiger partial charge in [-0.3, -0.25) is 4.90 Å². The fraction of sp³-hybridized carbons (Fsp3) is 1.00. The minimum absolute atomic E-state index is 0.241. The van der Waals surface area contributed by atoms with Gasteiger partial charge in [-0.05, 0) is 12.8 Å². The lowest BCUT2D eigenvalue weighted by molar-refractivity contribution is -0.0371. The number of β-amino-alcohol motifs (C(OH)–C–C–N with tert-alkyl or cyclic N) is 1. The van der Waals surface area contributed by atoms with Gasteiger partial charge in [0.15, 0.2) is 0 Å². The summed E-state index contributed by atoms with van der Waals surface area (Å²) in [5, 5.41) is 10.2. The predicted octanol–water partition coefficient (Wildman–Crippen LogP) is 0.495. The second-order valence-corrected chi connectivity index (χ2v) is 4.82. The summed E-state index contributed by atoms with van der Waals surface area (Å²) in [5.41, 5.74) is 0. The van der Waals surface area contributed by atoms with Crippen LogP contribution in [0.2, 0.25) is 0 Å². The van der Waals surface area contributed by atoms with E-state index in [0.29, 0.717) is 12.0 Å². The Morgan fingerprint density at radius 2 is 2.12 bits per heavy atom. The van der Waals surface area contributed by atoms with Crippen LogP contribution in [0.1, 0.15) is 19.8 Å². The number of nitrogens with zero attached hydrogens (tertiary/aromatic N) is 1. The highest BCUT2D eigenvalue weighted by Crippen LogP contribution is 2.19. The Kier molecular flexibility index (Phi) is 4.58. The largest absolute Gasteiger partial charge is 0.391 e. The number of aliphatic hydroxyl groups excluding tert-OH is 1. The predicted molar refractivity (Wildman–Crippen MR) is 61.4 cm³/mol. The molecule has 0 spiro atoms. The minimum Gasteiger partial charge on any atom is -0.391 e. The number of ether oxygens (including phenoxy) is 2. The third-order valence-electron chi connectivity index (χ3n) is 3.75. The first-order valence-corrected chi connectivity index (χ1v) is 6.39. The summed E-state index contributed by atoms with van der Waals surface area (Å²) >= 11 is 0. The van der Waals surface area contributed by atoms with E-state index in [1.54, 1.807) is 0 Å². The molecule has 2 saturated heterocycles. The molecule has 94 valence electrons. The Morgan fingerprint density at radius 3 is 2.81 bits per heavy atom. The van der Waals surface area contributed by atoms with E-state index in [-0.39, 0.29) is 6.10 Å². The van der Waals surface area contributed by atoms with Crippen LogP contribution < -0.4 is 0 Å². The van der Waals surface area contributed by atoms with E-state index in [1.165, 1.54) is 0 Å². The van der Waals surface area contributed by atoms with Crippen LogP contribution in [-0.2, 0) is 9.47 Å². The SMILES string of the molecule is CCC1COCCN1CC(O)C1CCOC1. The summed E-state index contributed by atoms with van der Waals surface area (Å²) in [6.07, 6.45) is 1.85. The van der Waals surface area contributed by atoms with Crippen molar-refractivity contribution < 1.29 is 14.6 Å². The van der Waals surface area contributed by atoms with Crippen LogP contribution in [0.15, 0.2) is 0 Å². The molecule has 2 rings (SSSR count). The van der Waals surface area contributed by atoms with Crippen molar-refractivity contribution in [2.24, 2.45) is 5.92 Å². The molecule has 2 heterocycles. The fourth-order valence-electron chi connectivity index (χ4n) is 2.55. The lowest BCUT2D eigenvalue weighted by atomic mass is 10.0. The van der Waals surface area contributed by atoms with Crippen molar-refractivity contribution in [2.75, 3.05) is 39.5 Å². The van der Waals surface area contributed by atoms with Crippen LogP contribution in [0.5, 0.6) is 0 Å². The summed E-state index contributed by atoms with van der Waals surface area (Å²) < 4.78 is 10.8. The Hall–Kier alpha value is -0.160. The number of hydrogen-bond donors (Lipinski definition) is 1. The molecule has 1 N–H and O–H groups in total. The van der Waals surface area contributed by atoms with Crippen LogP contribution in [-0.4, -0.2) is 61.7 Å². The maximum Gasteiger partial charge on any atom is 0.0718 e. The van der Waals surface area contributed by atoms with Crippen molar-refractivity contribution in [3.8, 4) is 0 Å². The maximum atomic E-state index is 10.2. The molecule has 4 nitrogen and oxygen atoms in total. The molecule has 0 radical (unpaired) electrons. The third kappa shape index (κ3) is 2.94. The summed E-state index contributed by atoms with van der Waals surface area (Å²) in [6.45, 7) is 7.04. The van der Waals surface area contributed by atoms with E-state index < -0.39 is 0 Å². The van der Waals surface area contributed by atoms with Crippen LogP contribution in [0.25, 0.3) is 0 Å². The number of aliphatic hydroxyl groups is 1. The van der Waals surface area contributed by atoms with Gasteiger partial charge in [-0.15, -0.1) is 0 Å². The van der Waals surface area contributed by atoms with E-state index in [0.717, 1.165) is 52.4 Å². The Balaban J connectivity index is 1.81. The summed E-state index contributed by atoms with van der Waals surface area (Å²) in [5.74, 6) is 0.334. The fourth-order valence-corrected chi connectivity index (χ4v) is 2.55. The van der Waals surface area contributed by atoms with Crippen LogP contribution in [0.4, 0.5) is 0 Å². The third-order valence-corrected chi connectivity index (χ3v) is 3.75. The quantitative estimate of drug-likeness (QED) is 0.762. The highest BCUT2D eigenvalue weighted by molar-refractivity contribution is 4.80. The van der Waals surface area contributed by atoms with Crippen molar-refractivity contribution in [3.63, 3.8) is 0 Å². The Labute approximate surface area is 97.5 Å². The van der Waals surface area contributed by atoms with Gasteiger partial charge >= 0.3 is 0 Å². The Bertz CT molecular complexity index is 206. The average molecular weight is 229 g/mol. The zero-order valence-corrected chi connectivity index (χ0v) is 10.1. The molecular weight excluding hydrogens is 206 g/mol. The van der Waals surface area contributed by atoms with Crippen LogP contribution >= 0.6 is 0 Å². The Morgan fingerprint density at radius 1 is 1.31 bits per heavy atom. The van der Waals surface area contributed by atoms with E-state index >= 15 is 0 Å². The highest BCUT2D eigenvalue weighted by Gasteiger charge is 2.29. The van der Waals surface area contributed by atoms with Gasteiger partial charge in [0.05, 0.1) is 25.9 Å². The second-order valence-electron chi connectivity index (χ2n) is 4.82. The first-order valence-electron chi connectivity index (χ1n) is 6.39. The first-order chi connectivity index (χ1) is 7.81. The molecule has 0 saturated carbocycles. The molecule has 3 atom stereocenters. The van der Waals surface area contributed by atoms with Gasteiger partial charge in [-0.2, -0.15) is 0 Å². The van der Waals surface area contributed by atoms with Gasteiger partial charge in [-0.1, -0.05) is 6.92 Å². The summed E-state index contributed by atoms with van der Waals surface area (Å²) in [4.78, 5) is 2.37. The molecule has 0 aliphatic carbocycles. The molecule has 2 fully saturated rings. The molecule has 0 aromatic heterocycles. The molecule has 2 aliphatic rings. The van der Waals surface area contributed by atoms with E-state index in [9.17, 15) is 5.11 Å². The molecule has 4 heteroatoms. The van der Waals surface area contributed by atoms with E-state index in [4.69, 9.17) is 9.47 Å². The number of morpholine rings is 1. The van der Waals surface area contributed by atoms with E-state index in [2.05, 4.69) is 11.8 Å². The molecule has 2 aliphatic heterocycles. The van der Waals surface area contributed by atoms with Gasteiger partial charge in [0.25, 0.3) is 0 Å². The minimum atomic E-state index is -0.241. The van der Waals surface area contributed by atoms with Crippen LogP contribution in [0.3, 0.4) is 0 Å². The van der Waals surface area contributed by atoms with Crippen molar-refractivity contribution >= 4 is 0 Å². The lowest BCUT2D eigenvalue weighted by Crippen LogP contribution is -2.49. The van der Waals surface area contributed by atoms with Gasteiger partial charge < -0.3 is 14.6 Å². The van der Waals surface area contributed by atoms with Crippen molar-refractivity contribution in [1.82, 2.24) is 4.90 Å². The smallest absolute Gasteiger partial charge is 0.0718 e. The molecule has 0 bridgehead atoms. The zero-order chi connectivity index (χ0) is 11.4. The molecule has 16 heavy (non-hydrogen) atoms. The van der Waals surface area contributed by atoms with Crippen LogP contribution in [0, 0.1) is 5.92 Å². The lowest BCUT2D eigenvalue weighted by Gasteiger charge is -2.37. The van der Waals surface area contributed by atoms with E-state index in [1.807, 2.05) is 0 Å². The molecule has 0 aromatic carbocycles. The zero-order valence-electron chi connectivity index (χ0n) is 10.1. The topological polar surface area (TPSA) is 41.9 Å². The summed E-state index contributed by atoms with van der Waals surface area (Å²) in [7, 11) is 0. The molecular formula is C12H23NO3. The van der Waals surface area contributed by atoms with Crippen molar-refractivity contribution in [3.05, 3.63) is 0 Å². The van der Waals surface area contributed by atoms with Gasteiger partial charge in [0.2, 0.25) is 0 Å². The average Bonchev–Trinajstić information content (AvgIpc) is 2.83. The maximum absolute atomic E-state index is 10.2. The monoisotopic (exact) mass is 229 g/mol. The van der Waals surface area contributed by atoms with Gasteiger partial charge in [0.1, 0.15) is 0 Å². The highest BCUT2D eigenvalue weighted by atomic mass is 16.5. The van der Waals surface area contributed by atoms with Gasteiger partial charge in [-0.25, -0.2) is 0 Å². The molecule has 3 unspecified atom stereocenters. The number of rotatable bonds is 4. The van der Waals surface area contributed by atoms with Gasteiger partial charge in [0, 0.05) is 31.7 Å². The standard InChI is InChI=1S/C12H23NO3/c1-2-11-9-16-6-4-13(11)7-12(14)10-3-5-15-8-10/h10-12,14H,2-9H2,1H3. The molecule has 0 amide bonds. The normalized spacial score (nSPS) is 34.1.